The van der Waals surface area contributed by atoms with E-state index in [-0.39, 0.29) is 22.7 Å². The van der Waals surface area contributed by atoms with E-state index >= 15 is 0 Å². The van der Waals surface area contributed by atoms with Gasteiger partial charge in [0.25, 0.3) is 0 Å². The second-order valence-corrected chi connectivity index (χ2v) is 9.30. The van der Waals surface area contributed by atoms with Crippen LogP contribution in [-0.2, 0) is 0 Å². The predicted octanol–water partition coefficient (Wildman–Crippen LogP) is 8.56. The molecule has 0 heterocycles. The molecule has 0 aliphatic heterocycles. The van der Waals surface area contributed by atoms with Gasteiger partial charge in [-0.25, -0.2) is 0 Å². The van der Waals surface area contributed by atoms with Crippen molar-refractivity contribution in [2.24, 2.45) is 0 Å². The van der Waals surface area contributed by atoms with Gasteiger partial charge >= 0.3 is 0 Å². The number of hydrogen-bond acceptors (Lipinski definition) is 4. The summed E-state index contributed by atoms with van der Waals surface area (Å²) in [6, 6.07) is 20.1. The largest absolute Gasteiger partial charge is 0.354 e. The second-order valence-electron chi connectivity index (χ2n) is 7.61. The highest BCUT2D eigenvalue weighted by Crippen LogP contribution is 2.39. The quantitative estimate of drug-likeness (QED) is 0.246. The lowest BCUT2D eigenvalue weighted by atomic mass is 9.82. The maximum absolute atomic E-state index is 13.8. The molecule has 0 radical (unpaired) electrons. The number of carbonyl (C=O) groups excluding carboxylic acids is 2. The van der Waals surface area contributed by atoms with Crippen molar-refractivity contribution in [3.05, 3.63) is 115 Å². The fraction of sp³-hybridized carbons (Fsp3) is 0. The maximum Gasteiger partial charge on any atom is 0.198 e. The molecule has 0 spiro atoms. The third kappa shape index (κ3) is 4.04. The Hall–Kier alpha value is -3.02. The van der Waals surface area contributed by atoms with E-state index in [2.05, 4.69) is 10.6 Å². The van der Waals surface area contributed by atoms with Gasteiger partial charge in [-0.15, -0.1) is 0 Å². The topological polar surface area (TPSA) is 58.2 Å². The van der Waals surface area contributed by atoms with Crippen LogP contribution in [0.25, 0.3) is 0 Å². The normalized spacial score (nSPS) is 12.2. The Morgan fingerprint density at radius 2 is 0.941 bits per heavy atom. The number of fused-ring (bicyclic) bond motifs is 2. The summed E-state index contributed by atoms with van der Waals surface area (Å²) in [6.45, 7) is 0. The van der Waals surface area contributed by atoms with Gasteiger partial charge in [0.05, 0.1) is 43.9 Å². The van der Waals surface area contributed by atoms with E-state index in [1.54, 1.807) is 72.8 Å². The number of hydrogen-bond donors (Lipinski definition) is 2. The van der Waals surface area contributed by atoms with E-state index in [0.717, 1.165) is 0 Å². The molecule has 0 bridgehead atoms. The smallest absolute Gasteiger partial charge is 0.198 e. The van der Waals surface area contributed by atoms with Crippen LogP contribution < -0.4 is 10.6 Å². The summed E-state index contributed by atoms with van der Waals surface area (Å²) in [4.78, 5) is 27.2. The summed E-state index contributed by atoms with van der Waals surface area (Å²) in [5.41, 5.74) is 3.04. The van der Waals surface area contributed by atoms with Crippen LogP contribution in [0.2, 0.25) is 20.1 Å². The molecule has 0 fully saturated rings. The van der Waals surface area contributed by atoms with E-state index in [1.165, 1.54) is 0 Å². The van der Waals surface area contributed by atoms with Crippen molar-refractivity contribution in [3.63, 3.8) is 0 Å². The van der Waals surface area contributed by atoms with Gasteiger partial charge in [-0.05, 0) is 48.5 Å². The molecule has 2 N–H and O–H groups in total. The van der Waals surface area contributed by atoms with Crippen molar-refractivity contribution in [1.29, 1.82) is 0 Å². The van der Waals surface area contributed by atoms with Crippen LogP contribution in [0.5, 0.6) is 0 Å². The van der Waals surface area contributed by atoms with Crippen molar-refractivity contribution < 1.29 is 9.59 Å². The molecule has 8 heteroatoms. The zero-order valence-electron chi connectivity index (χ0n) is 17.3. The molecule has 0 amide bonds. The number of nitrogens with one attached hydrogen (secondary N) is 2. The summed E-state index contributed by atoms with van der Waals surface area (Å²) >= 11 is 24.9. The van der Waals surface area contributed by atoms with Crippen molar-refractivity contribution in [2.75, 3.05) is 10.6 Å². The fourth-order valence-electron chi connectivity index (χ4n) is 3.93. The Balaban J connectivity index is 1.62. The number of rotatable bonds is 4. The van der Waals surface area contributed by atoms with Gasteiger partial charge in [0.1, 0.15) is 0 Å². The van der Waals surface area contributed by atoms with Crippen LogP contribution in [0.3, 0.4) is 0 Å². The first-order valence-electron chi connectivity index (χ1n) is 10.1. The lowest BCUT2D eigenvalue weighted by Gasteiger charge is -2.23. The Bertz CT molecular complexity index is 1390. The first-order chi connectivity index (χ1) is 16.3. The summed E-state index contributed by atoms with van der Waals surface area (Å²) in [7, 11) is 0. The average Bonchev–Trinajstić information content (AvgIpc) is 2.82. The third-order valence-corrected chi connectivity index (χ3v) is 6.60. The molecular formula is C26H14Cl4N2O2. The minimum Gasteiger partial charge on any atom is -0.354 e. The van der Waals surface area contributed by atoms with Gasteiger partial charge in [-0.3, -0.25) is 9.59 Å². The van der Waals surface area contributed by atoms with E-state index in [9.17, 15) is 9.59 Å². The van der Waals surface area contributed by atoms with E-state index in [0.29, 0.717) is 54.0 Å². The van der Waals surface area contributed by atoms with Crippen LogP contribution >= 0.6 is 46.4 Å². The van der Waals surface area contributed by atoms with Crippen LogP contribution in [-0.4, -0.2) is 11.6 Å². The molecule has 0 aromatic heterocycles. The van der Waals surface area contributed by atoms with Crippen LogP contribution in [0.15, 0.2) is 72.8 Å². The first-order valence-corrected chi connectivity index (χ1v) is 11.6. The molecule has 0 atom stereocenters. The Labute approximate surface area is 215 Å². The molecular weight excluding hydrogens is 514 g/mol. The zero-order valence-corrected chi connectivity index (χ0v) is 20.3. The number of carbonyl (C=O) groups is 2. The molecule has 168 valence electrons. The van der Waals surface area contributed by atoms with Crippen molar-refractivity contribution in [2.45, 2.75) is 0 Å². The molecule has 34 heavy (non-hydrogen) atoms. The molecule has 4 aromatic carbocycles. The number of benzene rings is 4. The zero-order chi connectivity index (χ0) is 24.0. The SMILES string of the molecule is O=C1c2cccc(Nc3cc(Cl)ccc3Cl)c2C(=O)c2c(Nc3cc(Cl)ccc3Cl)cccc21. The number of halogens is 4. The standard InChI is InChI=1S/C26H14Cl4N2O2/c27-13-7-9-17(29)21(11-13)31-19-5-1-3-15-23(19)26(34)24-16(25(15)33)4-2-6-20(24)32-22-12-14(28)8-10-18(22)30/h1-12,31-32H. The highest BCUT2D eigenvalue weighted by atomic mass is 35.5. The Morgan fingerprint density at radius 3 is 1.38 bits per heavy atom. The third-order valence-electron chi connectivity index (χ3n) is 5.47. The predicted molar refractivity (Wildman–Crippen MR) is 139 cm³/mol. The lowest BCUT2D eigenvalue weighted by Crippen LogP contribution is -2.23. The van der Waals surface area contributed by atoms with Crippen molar-refractivity contribution in [1.82, 2.24) is 0 Å². The molecule has 0 unspecified atom stereocenters. The van der Waals surface area contributed by atoms with Gasteiger partial charge in [0.2, 0.25) is 0 Å². The van der Waals surface area contributed by atoms with Gasteiger partial charge in [-0.1, -0.05) is 70.7 Å². The second kappa shape index (κ2) is 8.97. The number of ketones is 2. The monoisotopic (exact) mass is 526 g/mol. The molecule has 0 saturated heterocycles. The Morgan fingerprint density at radius 1 is 0.500 bits per heavy atom. The van der Waals surface area contributed by atoms with Crippen molar-refractivity contribution >= 4 is 80.7 Å². The molecule has 1 aliphatic carbocycles. The van der Waals surface area contributed by atoms with Crippen LogP contribution in [0, 0.1) is 0 Å². The van der Waals surface area contributed by atoms with Crippen LogP contribution in [0.1, 0.15) is 31.8 Å². The van der Waals surface area contributed by atoms with E-state index in [1.807, 2.05) is 0 Å². The minimum absolute atomic E-state index is 0.252. The highest BCUT2D eigenvalue weighted by molar-refractivity contribution is 6.37. The fourth-order valence-corrected chi connectivity index (χ4v) is 4.60. The maximum atomic E-state index is 13.8. The molecule has 1 aliphatic rings. The number of anilines is 4. The molecule has 0 saturated carbocycles. The summed E-state index contributed by atoms with van der Waals surface area (Å²) in [5.74, 6) is -0.571. The van der Waals surface area contributed by atoms with Crippen LogP contribution in [0.4, 0.5) is 22.7 Å². The van der Waals surface area contributed by atoms with Gasteiger partial charge in [0.15, 0.2) is 11.6 Å². The first kappa shape index (κ1) is 22.8. The molecule has 4 aromatic rings. The van der Waals surface area contributed by atoms with Gasteiger partial charge in [0, 0.05) is 21.2 Å². The highest BCUT2D eigenvalue weighted by Gasteiger charge is 2.34. The molecule has 4 nitrogen and oxygen atoms in total. The molecule has 5 rings (SSSR count). The summed E-state index contributed by atoms with van der Waals surface area (Å²) in [5, 5.41) is 8.13. The van der Waals surface area contributed by atoms with E-state index < -0.39 is 0 Å². The van der Waals surface area contributed by atoms with Gasteiger partial charge in [-0.2, -0.15) is 0 Å². The average molecular weight is 528 g/mol. The van der Waals surface area contributed by atoms with Crippen molar-refractivity contribution in [3.8, 4) is 0 Å². The lowest BCUT2D eigenvalue weighted by molar-refractivity contribution is 0.0980. The van der Waals surface area contributed by atoms with E-state index in [4.69, 9.17) is 46.4 Å². The summed E-state index contributed by atoms with van der Waals surface area (Å²) in [6.07, 6.45) is 0. The van der Waals surface area contributed by atoms with Gasteiger partial charge < -0.3 is 10.6 Å². The summed E-state index contributed by atoms with van der Waals surface area (Å²) < 4.78 is 0. The minimum atomic E-state index is -0.313. The Kier molecular flexibility index (Phi) is 6.00.